The molecule has 0 bridgehead atoms. The van der Waals surface area contributed by atoms with Crippen molar-refractivity contribution >= 4 is 17.8 Å². The SMILES string of the molecule is COc1ccc2c(c1)C[C@H](NC(=O)NCc1ccc(SC)cc1)CO2. The quantitative estimate of drug-likeness (QED) is 0.806. The molecule has 2 aromatic carbocycles. The minimum atomic E-state index is -0.186. The summed E-state index contributed by atoms with van der Waals surface area (Å²) in [6, 6.07) is 13.7. The van der Waals surface area contributed by atoms with E-state index in [0.717, 1.165) is 29.0 Å². The Morgan fingerprint density at radius 1 is 1.28 bits per heavy atom. The second-order valence-electron chi connectivity index (χ2n) is 5.86. The monoisotopic (exact) mass is 358 g/mol. The van der Waals surface area contributed by atoms with Crippen molar-refractivity contribution in [3.8, 4) is 11.5 Å². The Kier molecular flexibility index (Phi) is 5.71. The zero-order valence-electron chi connectivity index (χ0n) is 14.4. The Morgan fingerprint density at radius 3 is 2.80 bits per heavy atom. The maximum Gasteiger partial charge on any atom is 0.315 e. The van der Waals surface area contributed by atoms with E-state index in [1.807, 2.05) is 36.6 Å². The molecule has 6 heteroatoms. The first kappa shape index (κ1) is 17.5. The average molecular weight is 358 g/mol. The summed E-state index contributed by atoms with van der Waals surface area (Å²) in [5, 5.41) is 5.86. The second-order valence-corrected chi connectivity index (χ2v) is 6.74. The predicted octanol–water partition coefficient (Wildman–Crippen LogP) is 3.22. The minimum absolute atomic E-state index is 0.0570. The van der Waals surface area contributed by atoms with E-state index in [2.05, 4.69) is 22.8 Å². The summed E-state index contributed by atoms with van der Waals surface area (Å²) in [5.74, 6) is 1.65. The Balaban J connectivity index is 1.51. The molecule has 1 aliphatic heterocycles. The molecule has 3 rings (SSSR count). The summed E-state index contributed by atoms with van der Waals surface area (Å²) in [7, 11) is 1.64. The standard InChI is InChI=1S/C19H22N2O3S/c1-23-16-5-8-18-14(10-16)9-15(12-24-18)21-19(22)20-11-13-3-6-17(25-2)7-4-13/h3-8,10,15H,9,11-12H2,1-2H3,(H2,20,21,22)/t15-/m0/s1. The molecule has 0 fully saturated rings. The minimum Gasteiger partial charge on any atom is -0.497 e. The predicted molar refractivity (Wildman–Crippen MR) is 99.6 cm³/mol. The summed E-state index contributed by atoms with van der Waals surface area (Å²) in [6.45, 7) is 0.966. The lowest BCUT2D eigenvalue weighted by Crippen LogP contribution is -2.47. The number of thioether (sulfide) groups is 1. The smallest absolute Gasteiger partial charge is 0.315 e. The van der Waals surface area contributed by atoms with Crippen molar-refractivity contribution in [2.45, 2.75) is 23.9 Å². The van der Waals surface area contributed by atoms with Gasteiger partial charge in [-0.05, 0) is 54.1 Å². The topological polar surface area (TPSA) is 59.6 Å². The summed E-state index contributed by atoms with van der Waals surface area (Å²) in [5.41, 5.74) is 2.12. The van der Waals surface area contributed by atoms with E-state index in [0.29, 0.717) is 13.2 Å². The van der Waals surface area contributed by atoms with Gasteiger partial charge in [-0.25, -0.2) is 4.79 Å². The zero-order chi connectivity index (χ0) is 17.6. The van der Waals surface area contributed by atoms with Gasteiger partial charge in [-0.15, -0.1) is 11.8 Å². The second kappa shape index (κ2) is 8.16. The molecule has 0 saturated heterocycles. The van der Waals surface area contributed by atoms with E-state index in [9.17, 15) is 4.79 Å². The molecule has 2 aromatic rings. The number of rotatable bonds is 5. The van der Waals surface area contributed by atoms with E-state index >= 15 is 0 Å². The fraction of sp³-hybridized carbons (Fsp3) is 0.316. The number of ether oxygens (including phenoxy) is 2. The summed E-state index contributed by atoms with van der Waals surface area (Å²) in [6.07, 6.45) is 2.77. The van der Waals surface area contributed by atoms with Gasteiger partial charge in [-0.2, -0.15) is 0 Å². The van der Waals surface area contributed by atoms with Gasteiger partial charge in [0, 0.05) is 11.4 Å². The van der Waals surface area contributed by atoms with Gasteiger partial charge in [0.05, 0.1) is 13.2 Å². The average Bonchev–Trinajstić information content (AvgIpc) is 2.66. The van der Waals surface area contributed by atoms with Gasteiger partial charge < -0.3 is 20.1 Å². The Labute approximate surface area is 152 Å². The Bertz CT molecular complexity index is 734. The lowest BCUT2D eigenvalue weighted by molar-refractivity contribution is 0.214. The van der Waals surface area contributed by atoms with E-state index in [1.165, 1.54) is 4.90 Å². The fourth-order valence-corrected chi connectivity index (χ4v) is 3.16. The van der Waals surface area contributed by atoms with Crippen LogP contribution >= 0.6 is 11.8 Å². The summed E-state index contributed by atoms with van der Waals surface area (Å²) >= 11 is 1.70. The van der Waals surface area contributed by atoms with Gasteiger partial charge in [0.2, 0.25) is 0 Å². The van der Waals surface area contributed by atoms with Gasteiger partial charge in [0.1, 0.15) is 18.1 Å². The molecule has 1 heterocycles. The molecule has 132 valence electrons. The molecule has 0 saturated carbocycles. The maximum absolute atomic E-state index is 12.1. The van der Waals surface area contributed by atoms with E-state index in [-0.39, 0.29) is 12.1 Å². The highest BCUT2D eigenvalue weighted by molar-refractivity contribution is 7.98. The maximum atomic E-state index is 12.1. The molecule has 25 heavy (non-hydrogen) atoms. The van der Waals surface area contributed by atoms with Crippen LogP contribution in [0.15, 0.2) is 47.4 Å². The molecule has 0 aromatic heterocycles. The molecule has 2 N–H and O–H groups in total. The number of methoxy groups -OCH3 is 1. The third kappa shape index (κ3) is 4.60. The number of carbonyl (C=O) groups is 1. The number of carbonyl (C=O) groups excluding carboxylic acids is 1. The van der Waals surface area contributed by atoms with Crippen LogP contribution in [0.25, 0.3) is 0 Å². The number of hydrogen-bond acceptors (Lipinski definition) is 4. The van der Waals surface area contributed by atoms with Crippen LogP contribution in [-0.4, -0.2) is 32.0 Å². The molecule has 0 aliphatic carbocycles. The summed E-state index contributed by atoms with van der Waals surface area (Å²) in [4.78, 5) is 13.3. The molecule has 0 radical (unpaired) electrons. The fourth-order valence-electron chi connectivity index (χ4n) is 2.75. The molecular weight excluding hydrogens is 336 g/mol. The molecule has 2 amide bonds. The summed E-state index contributed by atoms with van der Waals surface area (Å²) < 4.78 is 11.0. The van der Waals surface area contributed by atoms with Gasteiger partial charge in [-0.3, -0.25) is 0 Å². The number of amides is 2. The number of urea groups is 1. The Hall–Kier alpha value is -2.34. The van der Waals surface area contributed by atoms with Crippen molar-refractivity contribution in [3.63, 3.8) is 0 Å². The van der Waals surface area contributed by atoms with E-state index in [1.54, 1.807) is 18.9 Å². The van der Waals surface area contributed by atoms with Crippen LogP contribution in [0.2, 0.25) is 0 Å². The number of benzene rings is 2. The van der Waals surface area contributed by atoms with Crippen LogP contribution in [0.4, 0.5) is 4.79 Å². The lowest BCUT2D eigenvalue weighted by atomic mass is 10.0. The highest BCUT2D eigenvalue weighted by Gasteiger charge is 2.21. The molecule has 5 nitrogen and oxygen atoms in total. The first-order valence-corrected chi connectivity index (χ1v) is 9.37. The number of nitrogens with one attached hydrogen (secondary N) is 2. The van der Waals surface area contributed by atoms with Crippen LogP contribution in [0, 0.1) is 0 Å². The highest BCUT2D eigenvalue weighted by Crippen LogP contribution is 2.28. The molecule has 0 unspecified atom stereocenters. The van der Waals surface area contributed by atoms with Crippen molar-refractivity contribution in [2.24, 2.45) is 0 Å². The third-order valence-electron chi connectivity index (χ3n) is 4.12. The largest absolute Gasteiger partial charge is 0.497 e. The van der Waals surface area contributed by atoms with Crippen molar-refractivity contribution < 1.29 is 14.3 Å². The number of hydrogen-bond donors (Lipinski definition) is 2. The first-order chi connectivity index (χ1) is 12.2. The van der Waals surface area contributed by atoms with Crippen molar-refractivity contribution in [1.82, 2.24) is 10.6 Å². The van der Waals surface area contributed by atoms with Gasteiger partial charge >= 0.3 is 6.03 Å². The van der Waals surface area contributed by atoms with Crippen LogP contribution in [-0.2, 0) is 13.0 Å². The van der Waals surface area contributed by atoms with Gasteiger partial charge in [0.25, 0.3) is 0 Å². The van der Waals surface area contributed by atoms with Crippen LogP contribution in [0.5, 0.6) is 11.5 Å². The number of fused-ring (bicyclic) bond motifs is 1. The molecule has 1 atom stereocenters. The highest BCUT2D eigenvalue weighted by atomic mass is 32.2. The van der Waals surface area contributed by atoms with Crippen molar-refractivity contribution in [3.05, 3.63) is 53.6 Å². The van der Waals surface area contributed by atoms with Crippen LogP contribution in [0.3, 0.4) is 0 Å². The van der Waals surface area contributed by atoms with Crippen LogP contribution < -0.4 is 20.1 Å². The zero-order valence-corrected chi connectivity index (χ0v) is 15.2. The molecular formula is C19H22N2O3S. The van der Waals surface area contributed by atoms with E-state index in [4.69, 9.17) is 9.47 Å². The first-order valence-electron chi connectivity index (χ1n) is 8.15. The lowest BCUT2D eigenvalue weighted by Gasteiger charge is -2.26. The van der Waals surface area contributed by atoms with Gasteiger partial charge in [0.15, 0.2) is 0 Å². The Morgan fingerprint density at radius 2 is 2.08 bits per heavy atom. The molecule has 1 aliphatic rings. The normalized spacial score (nSPS) is 15.7. The van der Waals surface area contributed by atoms with Gasteiger partial charge in [-0.1, -0.05) is 12.1 Å². The van der Waals surface area contributed by atoms with Crippen molar-refractivity contribution in [2.75, 3.05) is 20.0 Å². The van der Waals surface area contributed by atoms with E-state index < -0.39 is 0 Å². The third-order valence-corrected chi connectivity index (χ3v) is 4.86. The van der Waals surface area contributed by atoms with Crippen LogP contribution in [0.1, 0.15) is 11.1 Å². The molecule has 0 spiro atoms. The van der Waals surface area contributed by atoms with Crippen molar-refractivity contribution in [1.29, 1.82) is 0 Å².